The molecular formula is C30H49N3O5. The fourth-order valence-electron chi connectivity index (χ4n) is 7.12. The van der Waals surface area contributed by atoms with Crippen LogP contribution in [0.4, 0.5) is 0 Å². The molecule has 0 saturated carbocycles. The van der Waals surface area contributed by atoms with Gasteiger partial charge in [-0.25, -0.2) is 0 Å². The molecule has 1 spiro atoms. The Bertz CT molecular complexity index is 906. The average Bonchev–Trinajstić information content (AvgIpc) is 3.44. The predicted molar refractivity (Wildman–Crippen MR) is 148 cm³/mol. The largest absolute Gasteiger partial charge is 0.394 e. The van der Waals surface area contributed by atoms with Crippen molar-refractivity contribution in [3.8, 4) is 0 Å². The Morgan fingerprint density at radius 3 is 2.26 bits per heavy atom. The minimum absolute atomic E-state index is 0.111. The second kappa shape index (κ2) is 12.3. The maximum Gasteiger partial charge on any atom is 0.248 e. The summed E-state index contributed by atoms with van der Waals surface area (Å²) in [6.07, 6.45) is 7.65. The summed E-state index contributed by atoms with van der Waals surface area (Å²) in [5.41, 5.74) is -1.92. The fraction of sp³-hybridized carbons (Fsp3) is 0.767. The Labute approximate surface area is 229 Å². The maximum absolute atomic E-state index is 14.4. The highest BCUT2D eigenvalue weighted by molar-refractivity contribution is 5.99. The molecule has 3 fully saturated rings. The van der Waals surface area contributed by atoms with Gasteiger partial charge in [-0.2, -0.15) is 0 Å². The smallest absolute Gasteiger partial charge is 0.248 e. The van der Waals surface area contributed by atoms with Crippen molar-refractivity contribution in [2.75, 3.05) is 32.8 Å². The van der Waals surface area contributed by atoms with E-state index in [-0.39, 0.29) is 30.2 Å². The van der Waals surface area contributed by atoms with Crippen molar-refractivity contribution < 1.29 is 24.2 Å². The zero-order valence-corrected chi connectivity index (χ0v) is 24.2. The van der Waals surface area contributed by atoms with Crippen molar-refractivity contribution in [2.24, 2.45) is 17.8 Å². The molecule has 0 aromatic heterocycles. The van der Waals surface area contributed by atoms with E-state index in [1.54, 1.807) is 26.9 Å². The predicted octanol–water partition coefficient (Wildman–Crippen LogP) is 3.40. The second-order valence-electron chi connectivity index (χ2n) is 11.9. The van der Waals surface area contributed by atoms with Crippen molar-refractivity contribution in [2.45, 2.75) is 96.4 Å². The van der Waals surface area contributed by atoms with Gasteiger partial charge in [0.2, 0.25) is 17.7 Å². The summed E-state index contributed by atoms with van der Waals surface area (Å²) in [5, 5.41) is 10.5. The van der Waals surface area contributed by atoms with Crippen LogP contribution in [0.2, 0.25) is 0 Å². The number of unbranched alkanes of at least 4 members (excludes halogenated alkanes) is 1. The molecular weight excluding hydrogens is 482 g/mol. The minimum atomic E-state index is -1.09. The summed E-state index contributed by atoms with van der Waals surface area (Å²) in [5.74, 6) is -1.76. The lowest BCUT2D eigenvalue weighted by atomic mass is 9.66. The molecule has 3 amide bonds. The number of carbonyl (C=O) groups excluding carboxylic acids is 3. The topological polar surface area (TPSA) is 90.4 Å². The number of rotatable bonds is 15. The third kappa shape index (κ3) is 5.18. The van der Waals surface area contributed by atoms with E-state index in [0.29, 0.717) is 45.4 Å². The quantitative estimate of drug-likeness (QED) is 0.327. The van der Waals surface area contributed by atoms with Crippen molar-refractivity contribution in [3.63, 3.8) is 0 Å². The second-order valence-corrected chi connectivity index (χ2v) is 11.9. The molecule has 8 heteroatoms. The van der Waals surface area contributed by atoms with Gasteiger partial charge in [-0.15, -0.1) is 13.2 Å². The highest BCUT2D eigenvalue weighted by Crippen LogP contribution is 2.64. The monoisotopic (exact) mass is 531 g/mol. The zero-order chi connectivity index (χ0) is 28.3. The first-order valence-corrected chi connectivity index (χ1v) is 14.5. The highest BCUT2D eigenvalue weighted by Gasteiger charge is 2.78. The van der Waals surface area contributed by atoms with Crippen LogP contribution in [-0.2, 0) is 19.1 Å². The SMILES string of the molecule is C=CCN(CCCC)C(=O)C1N([C@@H](CO)CC(C)C)C(=O)[C@@H]2[C@@H](C(=O)N(CC=C)CCC)[C@@]3(C)CCC12O3. The molecule has 8 nitrogen and oxygen atoms in total. The summed E-state index contributed by atoms with van der Waals surface area (Å²) in [6, 6.07) is -1.41. The van der Waals surface area contributed by atoms with Crippen LogP contribution in [0.15, 0.2) is 25.3 Å². The van der Waals surface area contributed by atoms with Crippen LogP contribution in [-0.4, -0.2) is 93.6 Å². The number of amides is 3. The van der Waals surface area contributed by atoms with Crippen LogP contribution in [0.25, 0.3) is 0 Å². The molecule has 6 atom stereocenters. The normalized spacial score (nSPS) is 30.4. The molecule has 3 aliphatic rings. The summed E-state index contributed by atoms with van der Waals surface area (Å²) in [7, 11) is 0. The number of likely N-dealkylation sites (tertiary alicyclic amines) is 1. The summed E-state index contributed by atoms with van der Waals surface area (Å²) in [6.45, 7) is 19.4. The molecule has 0 aliphatic carbocycles. The summed E-state index contributed by atoms with van der Waals surface area (Å²) in [4.78, 5) is 48.0. The molecule has 0 radical (unpaired) electrons. The lowest BCUT2D eigenvalue weighted by Gasteiger charge is -2.40. The van der Waals surface area contributed by atoms with Crippen LogP contribution < -0.4 is 0 Å². The average molecular weight is 532 g/mol. The molecule has 1 N–H and O–H groups in total. The Kier molecular flexibility index (Phi) is 9.85. The lowest BCUT2D eigenvalue weighted by molar-refractivity contribution is -0.156. The van der Waals surface area contributed by atoms with Gasteiger partial charge in [0.15, 0.2) is 0 Å². The minimum Gasteiger partial charge on any atom is -0.394 e. The number of hydrogen-bond acceptors (Lipinski definition) is 5. The number of hydrogen-bond donors (Lipinski definition) is 1. The van der Waals surface area contributed by atoms with Crippen molar-refractivity contribution >= 4 is 17.7 Å². The van der Waals surface area contributed by atoms with Gasteiger partial charge in [0.25, 0.3) is 0 Å². The Morgan fingerprint density at radius 1 is 1.11 bits per heavy atom. The molecule has 3 saturated heterocycles. The maximum atomic E-state index is 14.4. The van der Waals surface area contributed by atoms with Gasteiger partial charge in [-0.3, -0.25) is 14.4 Å². The van der Waals surface area contributed by atoms with Crippen molar-refractivity contribution in [1.82, 2.24) is 14.7 Å². The molecule has 0 aromatic rings. The van der Waals surface area contributed by atoms with Crippen LogP contribution in [0.1, 0.15) is 73.1 Å². The van der Waals surface area contributed by atoms with Crippen LogP contribution in [0.3, 0.4) is 0 Å². The zero-order valence-electron chi connectivity index (χ0n) is 24.2. The van der Waals surface area contributed by atoms with Gasteiger partial charge < -0.3 is 24.5 Å². The molecule has 38 heavy (non-hydrogen) atoms. The van der Waals surface area contributed by atoms with Crippen LogP contribution in [0.5, 0.6) is 0 Å². The molecule has 3 aliphatic heterocycles. The van der Waals surface area contributed by atoms with Gasteiger partial charge in [-0.05, 0) is 44.9 Å². The van der Waals surface area contributed by atoms with E-state index < -0.39 is 35.1 Å². The van der Waals surface area contributed by atoms with Crippen LogP contribution >= 0.6 is 0 Å². The molecule has 0 aromatic carbocycles. The van der Waals surface area contributed by atoms with E-state index in [0.717, 1.165) is 19.3 Å². The lowest BCUT2D eigenvalue weighted by Crippen LogP contribution is -2.59. The third-order valence-electron chi connectivity index (χ3n) is 8.66. The molecule has 3 rings (SSSR count). The molecule has 2 bridgehead atoms. The first-order chi connectivity index (χ1) is 18.1. The van der Waals surface area contributed by atoms with E-state index in [9.17, 15) is 19.5 Å². The number of fused-ring (bicyclic) bond motifs is 1. The summed E-state index contributed by atoms with van der Waals surface area (Å²) < 4.78 is 6.79. The Morgan fingerprint density at radius 2 is 1.74 bits per heavy atom. The summed E-state index contributed by atoms with van der Waals surface area (Å²) >= 11 is 0. The van der Waals surface area contributed by atoms with Crippen LogP contribution in [0, 0.1) is 17.8 Å². The highest BCUT2D eigenvalue weighted by atomic mass is 16.5. The molecule has 214 valence electrons. The fourth-order valence-corrected chi connectivity index (χ4v) is 7.12. The Hall–Kier alpha value is -2.19. The van der Waals surface area contributed by atoms with E-state index in [1.807, 2.05) is 27.7 Å². The van der Waals surface area contributed by atoms with Crippen molar-refractivity contribution in [1.29, 1.82) is 0 Å². The van der Waals surface area contributed by atoms with E-state index in [1.165, 1.54) is 0 Å². The third-order valence-corrected chi connectivity index (χ3v) is 8.66. The van der Waals surface area contributed by atoms with Gasteiger partial charge in [0.1, 0.15) is 11.6 Å². The number of nitrogens with zero attached hydrogens (tertiary/aromatic N) is 3. The number of ether oxygens (including phenoxy) is 1. The molecule has 2 unspecified atom stereocenters. The molecule has 3 heterocycles. The van der Waals surface area contributed by atoms with Gasteiger partial charge in [-0.1, -0.05) is 46.3 Å². The Balaban J connectivity index is 2.13. The first kappa shape index (κ1) is 30.4. The number of carbonyl (C=O) groups is 3. The van der Waals surface area contributed by atoms with E-state index in [2.05, 4.69) is 20.1 Å². The van der Waals surface area contributed by atoms with Gasteiger partial charge in [0.05, 0.1) is 30.1 Å². The first-order valence-electron chi connectivity index (χ1n) is 14.5. The van der Waals surface area contributed by atoms with Gasteiger partial charge >= 0.3 is 0 Å². The number of aliphatic hydroxyl groups excluding tert-OH is 1. The van der Waals surface area contributed by atoms with E-state index >= 15 is 0 Å². The van der Waals surface area contributed by atoms with Crippen molar-refractivity contribution in [3.05, 3.63) is 25.3 Å². The van der Waals surface area contributed by atoms with Gasteiger partial charge in [0, 0.05) is 26.2 Å². The van der Waals surface area contributed by atoms with E-state index in [4.69, 9.17) is 4.74 Å². The standard InChI is InChI=1S/C30H49N3O5/c1-8-12-18-32(17-11-4)28(37)25-30-14-13-29(7,38-30)23(26(35)31(15-9-2)16-10-3)24(30)27(36)33(25)22(20-34)19-21(5)6/h9,11,21-25,34H,2,4,8,10,12-20H2,1,3,5-7H3/t22-,23+,24+,25?,29-,30?/m1/s1. The number of aliphatic hydroxyl groups is 1.